The summed E-state index contributed by atoms with van der Waals surface area (Å²) in [5.74, 6) is -0.826. The molecule has 0 bridgehead atoms. The number of benzene rings is 3. The Kier molecular flexibility index (Phi) is 7.83. The van der Waals surface area contributed by atoms with Gasteiger partial charge < -0.3 is 14.2 Å². The molecule has 4 aromatic rings. The normalized spacial score (nSPS) is 16.8. The number of hydrogen-bond donors (Lipinski definition) is 0. The molecule has 1 fully saturated rings. The smallest absolute Gasteiger partial charge is 0.447 e. The molecule has 5 rings (SSSR count). The third-order valence-corrected chi connectivity index (χ3v) is 7.65. The zero-order valence-corrected chi connectivity index (χ0v) is 24.0. The van der Waals surface area contributed by atoms with Crippen molar-refractivity contribution in [1.29, 1.82) is 0 Å². The number of methoxy groups -OCH3 is 1. The number of urea groups is 1. The number of ether oxygens (including phenoxy) is 1. The second-order valence-electron chi connectivity index (χ2n) is 10.8. The van der Waals surface area contributed by atoms with Crippen LogP contribution in [0.1, 0.15) is 36.7 Å². The first-order valence-electron chi connectivity index (χ1n) is 13.5. The van der Waals surface area contributed by atoms with Crippen LogP contribution in [0.4, 0.5) is 36.8 Å². The van der Waals surface area contributed by atoms with Crippen molar-refractivity contribution >= 4 is 11.7 Å². The number of carbonyl (C=O) groups is 1. The Morgan fingerprint density at radius 2 is 1.40 bits per heavy atom. The molecule has 1 aromatic heterocycles. The van der Waals surface area contributed by atoms with Crippen molar-refractivity contribution in [2.45, 2.75) is 44.3 Å². The predicted molar refractivity (Wildman–Crippen MR) is 149 cm³/mol. The molecule has 2 amide bonds. The number of carbonyl (C=O) groups excluding carboxylic acids is 1. The van der Waals surface area contributed by atoms with Gasteiger partial charge in [-0.05, 0) is 68.3 Å². The van der Waals surface area contributed by atoms with Gasteiger partial charge >= 0.3 is 29.8 Å². The van der Waals surface area contributed by atoms with Crippen LogP contribution >= 0.6 is 0 Å². The quantitative estimate of drug-likeness (QED) is 0.229. The third kappa shape index (κ3) is 5.69. The minimum absolute atomic E-state index is 0.00544. The van der Waals surface area contributed by atoms with Crippen molar-refractivity contribution in [2.24, 2.45) is 0 Å². The van der Waals surface area contributed by atoms with E-state index >= 15 is 0 Å². The Bertz CT molecular complexity index is 1860. The van der Waals surface area contributed by atoms with E-state index in [1.807, 2.05) is 0 Å². The second-order valence-corrected chi connectivity index (χ2v) is 10.8. The maximum Gasteiger partial charge on any atom is 0.447 e. The molecule has 1 atom stereocenters. The Morgan fingerprint density at radius 1 is 0.822 bits per heavy atom. The number of anilines is 1. The highest BCUT2D eigenvalue weighted by atomic mass is 19.4. The Hall–Kier alpha value is -4.95. The van der Waals surface area contributed by atoms with Gasteiger partial charge in [0.25, 0.3) is 0 Å². The lowest BCUT2D eigenvalue weighted by atomic mass is 9.99. The van der Waals surface area contributed by atoms with Crippen molar-refractivity contribution in [2.75, 3.05) is 18.6 Å². The fourth-order valence-electron chi connectivity index (χ4n) is 5.47. The van der Waals surface area contributed by atoms with Gasteiger partial charge in [0.15, 0.2) is 6.17 Å². The zero-order chi connectivity index (χ0) is 32.9. The van der Waals surface area contributed by atoms with Gasteiger partial charge in [0, 0.05) is 12.2 Å². The molecule has 15 heteroatoms. The maximum atomic E-state index is 14.0. The summed E-state index contributed by atoms with van der Waals surface area (Å²) >= 11 is 0. The molecule has 238 valence electrons. The topological polar surface area (TPSA) is 89.9 Å². The Labute approximate surface area is 251 Å². The number of para-hydroxylation sites is 1. The van der Waals surface area contributed by atoms with E-state index in [1.165, 1.54) is 31.9 Å². The van der Waals surface area contributed by atoms with Gasteiger partial charge in [-0.25, -0.2) is 14.4 Å². The lowest BCUT2D eigenvalue weighted by molar-refractivity contribution is -0.138. The van der Waals surface area contributed by atoms with Gasteiger partial charge in [-0.3, -0.25) is 4.90 Å². The second kappa shape index (κ2) is 11.2. The van der Waals surface area contributed by atoms with Gasteiger partial charge in [0.2, 0.25) is 0 Å². The molecular weight excluding hydrogens is 610 g/mol. The van der Waals surface area contributed by atoms with Crippen molar-refractivity contribution in [1.82, 2.24) is 14.2 Å². The number of nitrogens with zero attached hydrogens (tertiary/aromatic N) is 4. The molecule has 0 spiro atoms. The van der Waals surface area contributed by atoms with Gasteiger partial charge in [-0.15, -0.1) is 4.74 Å². The minimum atomic E-state index is -4.79. The van der Waals surface area contributed by atoms with Gasteiger partial charge in [0.05, 0.1) is 29.5 Å². The van der Waals surface area contributed by atoms with E-state index < -0.39 is 58.3 Å². The fraction of sp³-hybridized carbons (Fsp3) is 0.300. The van der Waals surface area contributed by atoms with Gasteiger partial charge in [-0.1, -0.05) is 30.3 Å². The van der Waals surface area contributed by atoms with Crippen LogP contribution < -0.4 is 21.1 Å². The number of aromatic nitrogens is 2. The molecule has 0 saturated carbocycles. The average Bonchev–Trinajstić information content (AvgIpc) is 3.37. The van der Waals surface area contributed by atoms with Crippen molar-refractivity contribution in [3.05, 3.63) is 111 Å². The highest BCUT2D eigenvalue weighted by Gasteiger charge is 2.55. The van der Waals surface area contributed by atoms with Crippen LogP contribution in [0.5, 0.6) is 5.75 Å². The van der Waals surface area contributed by atoms with Crippen LogP contribution in [0.15, 0.2) is 86.9 Å². The molecule has 45 heavy (non-hydrogen) atoms. The minimum Gasteiger partial charge on any atom is -0.496 e. The van der Waals surface area contributed by atoms with Crippen molar-refractivity contribution in [3.8, 4) is 11.4 Å². The van der Waals surface area contributed by atoms with Crippen molar-refractivity contribution < 1.29 is 40.4 Å². The summed E-state index contributed by atoms with van der Waals surface area (Å²) in [6.07, 6.45) is -10.9. The molecule has 1 saturated heterocycles. The van der Waals surface area contributed by atoms with Crippen LogP contribution in [0.25, 0.3) is 5.69 Å². The van der Waals surface area contributed by atoms with E-state index in [2.05, 4.69) is 0 Å². The SMILES string of the molecule is COc1ccccc1CCN1C(=O)N(c2cccc(C(F)(F)F)c2)[C@H](n2oc(=O)n(-c3cccc(C(F)(F)F)c3)c2=O)C1(C)C. The summed E-state index contributed by atoms with van der Waals surface area (Å²) in [4.78, 5) is 42.9. The largest absolute Gasteiger partial charge is 0.496 e. The molecule has 3 aromatic carbocycles. The summed E-state index contributed by atoms with van der Waals surface area (Å²) in [7, 11) is 1.47. The standard InChI is InChI=1S/C30H26F6N4O5/c1-28(2)24(40-26(42)39(27(43)45-40)22-12-7-10-20(17-22)30(34,35)36)38(21-11-6-9-19(16-21)29(31,32)33)25(41)37(28)15-14-18-8-4-5-13-23(18)44-3/h4-13,16-17,24H,14-15H2,1-3H3/t24-/m1/s1. The molecule has 2 heterocycles. The van der Waals surface area contributed by atoms with Crippen LogP contribution in [0, 0.1) is 0 Å². The lowest BCUT2D eigenvalue weighted by Gasteiger charge is -2.34. The summed E-state index contributed by atoms with van der Waals surface area (Å²) in [6, 6.07) is 13.5. The number of halogens is 6. The van der Waals surface area contributed by atoms with E-state index in [9.17, 15) is 40.7 Å². The van der Waals surface area contributed by atoms with E-state index in [4.69, 9.17) is 9.26 Å². The van der Waals surface area contributed by atoms with Crippen LogP contribution in [0.3, 0.4) is 0 Å². The number of amides is 2. The Balaban J connectivity index is 1.65. The lowest BCUT2D eigenvalue weighted by Crippen LogP contribution is -2.47. The molecule has 1 aliphatic rings. The molecular formula is C30H26F6N4O5. The first-order valence-corrected chi connectivity index (χ1v) is 13.5. The van der Waals surface area contributed by atoms with E-state index in [0.29, 0.717) is 21.1 Å². The van der Waals surface area contributed by atoms with Crippen molar-refractivity contribution in [3.63, 3.8) is 0 Å². The van der Waals surface area contributed by atoms with E-state index in [1.54, 1.807) is 24.3 Å². The van der Waals surface area contributed by atoms with Gasteiger partial charge in [0.1, 0.15) is 5.75 Å². The third-order valence-electron chi connectivity index (χ3n) is 7.65. The van der Waals surface area contributed by atoms with Crippen LogP contribution in [0.2, 0.25) is 0 Å². The predicted octanol–water partition coefficient (Wildman–Crippen LogP) is 6.10. The Morgan fingerprint density at radius 3 is 2.00 bits per heavy atom. The summed E-state index contributed by atoms with van der Waals surface area (Å²) in [6.45, 7) is 3.06. The first kappa shape index (κ1) is 31.5. The van der Waals surface area contributed by atoms with Gasteiger partial charge in [-0.2, -0.15) is 30.9 Å². The van der Waals surface area contributed by atoms with Crippen LogP contribution in [-0.4, -0.2) is 39.4 Å². The van der Waals surface area contributed by atoms with Crippen LogP contribution in [-0.2, 0) is 18.8 Å². The summed E-state index contributed by atoms with van der Waals surface area (Å²) < 4.78 is 92.7. The zero-order valence-electron chi connectivity index (χ0n) is 24.0. The highest BCUT2D eigenvalue weighted by molar-refractivity contribution is 5.95. The highest BCUT2D eigenvalue weighted by Crippen LogP contribution is 2.43. The number of rotatable bonds is 7. The molecule has 0 N–H and O–H groups in total. The summed E-state index contributed by atoms with van der Waals surface area (Å²) in [5, 5.41) is 0. The number of hydrogen-bond acceptors (Lipinski definition) is 5. The molecule has 1 aliphatic heterocycles. The molecule has 0 unspecified atom stereocenters. The molecule has 0 radical (unpaired) electrons. The number of alkyl halides is 6. The average molecular weight is 637 g/mol. The van der Waals surface area contributed by atoms with E-state index in [-0.39, 0.29) is 18.7 Å². The van der Waals surface area contributed by atoms with E-state index in [0.717, 1.165) is 46.9 Å². The first-order chi connectivity index (χ1) is 21.1. The molecule has 9 nitrogen and oxygen atoms in total. The molecule has 0 aliphatic carbocycles. The fourth-order valence-corrected chi connectivity index (χ4v) is 5.47. The maximum absolute atomic E-state index is 14.0. The monoisotopic (exact) mass is 636 g/mol. The summed E-state index contributed by atoms with van der Waals surface area (Å²) in [5.41, 5.74) is -4.87.